The molecule has 37 heavy (non-hydrogen) atoms. The Bertz CT molecular complexity index is 1230. The van der Waals surface area contributed by atoms with Crippen molar-refractivity contribution in [1.82, 2.24) is 5.32 Å². The number of hydrogen-bond donors (Lipinski definition) is 1. The summed E-state index contributed by atoms with van der Waals surface area (Å²) in [5.74, 6) is 1.11. The number of carbonyl (C=O) groups is 2. The molecule has 1 atom stereocenters. The lowest BCUT2D eigenvalue weighted by Crippen LogP contribution is -2.46. The molecule has 6 heteroatoms. The van der Waals surface area contributed by atoms with Crippen molar-refractivity contribution < 1.29 is 18.7 Å². The summed E-state index contributed by atoms with van der Waals surface area (Å²) in [7, 11) is 1.61. The Morgan fingerprint density at radius 1 is 1.00 bits per heavy atom. The van der Waals surface area contributed by atoms with E-state index < -0.39 is 6.04 Å². The fourth-order valence-electron chi connectivity index (χ4n) is 4.82. The number of nitrogens with zero attached hydrogens (tertiary/aromatic N) is 1. The molecule has 6 nitrogen and oxygen atoms in total. The van der Waals surface area contributed by atoms with Gasteiger partial charge in [-0.15, -0.1) is 0 Å². The third-order valence-electron chi connectivity index (χ3n) is 7.02. The number of anilines is 1. The number of ether oxygens (including phenoxy) is 1. The molecule has 4 rings (SSSR count). The van der Waals surface area contributed by atoms with Gasteiger partial charge in [0.25, 0.3) is 5.91 Å². The van der Waals surface area contributed by atoms with E-state index in [1.54, 1.807) is 12.0 Å². The van der Waals surface area contributed by atoms with Crippen molar-refractivity contribution in [3.05, 3.63) is 82.8 Å². The van der Waals surface area contributed by atoms with Crippen LogP contribution in [0.1, 0.15) is 85.5 Å². The van der Waals surface area contributed by atoms with E-state index in [-0.39, 0.29) is 29.0 Å². The van der Waals surface area contributed by atoms with Crippen LogP contribution in [0.15, 0.2) is 59.0 Å². The zero-order valence-corrected chi connectivity index (χ0v) is 22.8. The van der Waals surface area contributed by atoms with Crippen molar-refractivity contribution in [2.45, 2.75) is 77.8 Å². The van der Waals surface area contributed by atoms with E-state index in [1.165, 1.54) is 0 Å². The molecule has 2 amide bonds. The van der Waals surface area contributed by atoms with Gasteiger partial charge < -0.3 is 14.5 Å². The minimum atomic E-state index is -0.885. The van der Waals surface area contributed by atoms with Crippen molar-refractivity contribution in [3.8, 4) is 5.75 Å². The highest BCUT2D eigenvalue weighted by molar-refractivity contribution is 6.09. The Labute approximate surface area is 220 Å². The second-order valence-corrected chi connectivity index (χ2v) is 11.0. The first kappa shape index (κ1) is 26.5. The maximum absolute atomic E-state index is 14.3. The van der Waals surface area contributed by atoms with E-state index >= 15 is 0 Å². The van der Waals surface area contributed by atoms with Gasteiger partial charge in [0.05, 0.1) is 7.11 Å². The van der Waals surface area contributed by atoms with Gasteiger partial charge in [-0.1, -0.05) is 63.4 Å². The number of methoxy groups -OCH3 is 1. The first-order valence-corrected chi connectivity index (χ1v) is 13.0. The molecule has 1 saturated carbocycles. The summed E-state index contributed by atoms with van der Waals surface area (Å²) < 4.78 is 11.5. The van der Waals surface area contributed by atoms with Gasteiger partial charge in [0.15, 0.2) is 5.76 Å². The molecule has 0 saturated heterocycles. The molecule has 1 fully saturated rings. The molecule has 1 aliphatic carbocycles. The summed E-state index contributed by atoms with van der Waals surface area (Å²) in [5.41, 5.74) is 2.89. The predicted molar refractivity (Wildman–Crippen MR) is 146 cm³/mol. The third kappa shape index (κ3) is 5.90. The monoisotopic (exact) mass is 502 g/mol. The molecule has 3 aromatic rings. The number of benzene rings is 2. The van der Waals surface area contributed by atoms with E-state index in [2.05, 4.69) is 5.32 Å². The van der Waals surface area contributed by atoms with Crippen LogP contribution in [0.4, 0.5) is 5.69 Å². The van der Waals surface area contributed by atoms with Crippen molar-refractivity contribution in [2.24, 2.45) is 0 Å². The van der Waals surface area contributed by atoms with Crippen molar-refractivity contribution >= 4 is 17.5 Å². The molecular weight excluding hydrogens is 464 g/mol. The molecule has 1 aromatic heterocycles. The average molecular weight is 503 g/mol. The van der Waals surface area contributed by atoms with E-state index in [0.717, 1.165) is 42.6 Å². The molecule has 1 heterocycles. The summed E-state index contributed by atoms with van der Waals surface area (Å²) in [4.78, 5) is 29.8. The van der Waals surface area contributed by atoms with Gasteiger partial charge in [-0.05, 0) is 62.6 Å². The first-order chi connectivity index (χ1) is 17.6. The van der Waals surface area contributed by atoms with Crippen LogP contribution in [0.3, 0.4) is 0 Å². The smallest absolute Gasteiger partial charge is 0.295 e. The van der Waals surface area contributed by atoms with E-state index in [0.29, 0.717) is 17.0 Å². The molecule has 1 N–H and O–H groups in total. The lowest BCUT2D eigenvalue weighted by molar-refractivity contribution is -0.123. The quantitative estimate of drug-likeness (QED) is 0.393. The largest absolute Gasteiger partial charge is 0.497 e. The average Bonchev–Trinajstić information content (AvgIpc) is 3.52. The minimum Gasteiger partial charge on any atom is -0.497 e. The van der Waals surface area contributed by atoms with Crippen molar-refractivity contribution in [1.29, 1.82) is 0 Å². The molecule has 0 radical (unpaired) electrons. The van der Waals surface area contributed by atoms with Gasteiger partial charge >= 0.3 is 0 Å². The van der Waals surface area contributed by atoms with Gasteiger partial charge in [-0.3, -0.25) is 14.5 Å². The summed E-state index contributed by atoms with van der Waals surface area (Å²) in [5, 5.41) is 3.22. The molecular formula is C31H38N2O4. The molecule has 0 unspecified atom stereocenters. The SMILES string of the molecule is COc1ccc([C@H](C(=O)NC2CCCC2)N(C(=O)c2oc(C(C)(C)C)cc2C)c2ccc(C)cc2)cc1. The van der Waals surface area contributed by atoms with Crippen LogP contribution < -0.4 is 15.0 Å². The zero-order valence-electron chi connectivity index (χ0n) is 22.8. The topological polar surface area (TPSA) is 71.8 Å². The number of amides is 2. The number of aryl methyl sites for hydroxylation is 2. The van der Waals surface area contributed by atoms with E-state index in [9.17, 15) is 9.59 Å². The van der Waals surface area contributed by atoms with Gasteiger partial charge in [-0.25, -0.2) is 0 Å². The van der Waals surface area contributed by atoms with E-state index in [4.69, 9.17) is 9.15 Å². The fraction of sp³-hybridized carbons (Fsp3) is 0.419. The van der Waals surface area contributed by atoms with Crippen LogP contribution in [0, 0.1) is 13.8 Å². The Morgan fingerprint density at radius 2 is 1.62 bits per heavy atom. The van der Waals surface area contributed by atoms with E-state index in [1.807, 2.05) is 89.2 Å². The summed E-state index contributed by atoms with van der Waals surface area (Å²) in [6.07, 6.45) is 4.09. The molecule has 0 bridgehead atoms. The van der Waals surface area contributed by atoms with Crippen LogP contribution in [0.2, 0.25) is 0 Å². The van der Waals surface area contributed by atoms with Crippen LogP contribution in [-0.2, 0) is 10.2 Å². The normalized spacial score (nSPS) is 14.9. The van der Waals surface area contributed by atoms with Crippen LogP contribution in [-0.4, -0.2) is 25.0 Å². The lowest BCUT2D eigenvalue weighted by Gasteiger charge is -2.32. The molecule has 2 aromatic carbocycles. The fourth-order valence-corrected chi connectivity index (χ4v) is 4.82. The second-order valence-electron chi connectivity index (χ2n) is 11.0. The summed E-state index contributed by atoms with van der Waals surface area (Å²) in [6, 6.07) is 16.1. The van der Waals surface area contributed by atoms with Gasteiger partial charge in [0.2, 0.25) is 5.91 Å². The highest BCUT2D eigenvalue weighted by Gasteiger charge is 2.37. The number of nitrogens with one attached hydrogen (secondary N) is 1. The molecule has 0 aliphatic heterocycles. The number of rotatable bonds is 7. The highest BCUT2D eigenvalue weighted by atomic mass is 16.5. The highest BCUT2D eigenvalue weighted by Crippen LogP contribution is 2.34. The Kier molecular flexibility index (Phi) is 7.76. The predicted octanol–water partition coefficient (Wildman–Crippen LogP) is 6.65. The molecule has 196 valence electrons. The zero-order chi connectivity index (χ0) is 26.7. The number of furan rings is 1. The van der Waals surface area contributed by atoms with Crippen LogP contribution >= 0.6 is 0 Å². The maximum Gasteiger partial charge on any atom is 0.295 e. The van der Waals surface area contributed by atoms with Crippen LogP contribution in [0.5, 0.6) is 5.75 Å². The molecule has 1 aliphatic rings. The van der Waals surface area contributed by atoms with Gasteiger partial charge in [0, 0.05) is 22.7 Å². The van der Waals surface area contributed by atoms with Crippen molar-refractivity contribution in [2.75, 3.05) is 12.0 Å². The molecule has 0 spiro atoms. The lowest BCUT2D eigenvalue weighted by atomic mass is 9.93. The van der Waals surface area contributed by atoms with Gasteiger partial charge in [-0.2, -0.15) is 0 Å². The Morgan fingerprint density at radius 3 is 2.16 bits per heavy atom. The Hall–Kier alpha value is -3.54. The summed E-state index contributed by atoms with van der Waals surface area (Å²) >= 11 is 0. The summed E-state index contributed by atoms with van der Waals surface area (Å²) in [6.45, 7) is 10.0. The van der Waals surface area contributed by atoms with Gasteiger partial charge in [0.1, 0.15) is 17.6 Å². The number of carbonyl (C=O) groups excluding carboxylic acids is 2. The maximum atomic E-state index is 14.3. The van der Waals surface area contributed by atoms with Crippen molar-refractivity contribution in [3.63, 3.8) is 0 Å². The standard InChI is InChI=1S/C31H38N2O4/c1-20-11-15-24(16-12-20)33(30(35)28-21(2)19-26(37-28)31(3,4)5)27(22-13-17-25(36-6)18-14-22)29(34)32-23-9-7-8-10-23/h11-19,23,27H,7-10H2,1-6H3,(H,32,34)/t27-/m1/s1. The Balaban J connectivity index is 1.84. The number of hydrogen-bond acceptors (Lipinski definition) is 4. The minimum absolute atomic E-state index is 0.112. The third-order valence-corrected chi connectivity index (χ3v) is 7.02. The second kappa shape index (κ2) is 10.8. The first-order valence-electron chi connectivity index (χ1n) is 13.0. The van der Waals surface area contributed by atoms with Crippen LogP contribution in [0.25, 0.3) is 0 Å².